The minimum Gasteiger partial charge on any atom is -0.493 e. The fourth-order valence-electron chi connectivity index (χ4n) is 5.43. The molecule has 9 heteroatoms. The average molecular weight is 510 g/mol. The number of hydrogen-bond donors (Lipinski definition) is 0. The highest BCUT2D eigenvalue weighted by Gasteiger charge is 2.46. The van der Waals surface area contributed by atoms with E-state index in [-0.39, 0.29) is 17.7 Å². The number of piperazine rings is 1. The molecule has 3 amide bonds. The molecule has 1 saturated heterocycles. The lowest BCUT2D eigenvalue weighted by molar-refractivity contribution is -0.140. The van der Waals surface area contributed by atoms with Crippen LogP contribution in [0.5, 0.6) is 17.2 Å². The van der Waals surface area contributed by atoms with Gasteiger partial charge in [0.15, 0.2) is 11.5 Å². The predicted molar refractivity (Wildman–Crippen MR) is 138 cm³/mol. The molecular formula is C28H35N3O6. The van der Waals surface area contributed by atoms with Crippen molar-refractivity contribution in [1.82, 2.24) is 14.7 Å². The highest BCUT2D eigenvalue weighted by Crippen LogP contribution is 2.48. The summed E-state index contributed by atoms with van der Waals surface area (Å²) in [4.78, 5) is 45.2. The number of methoxy groups -OCH3 is 3. The number of amides is 3. The standard InChI is InChI=1S/C28H35N3O6/c1-6-11-31-25(19-16-22(35-3)26(37-5)23(17-19)36-4)24(20-9-7-8-10-21(20)27(31)33)28(34)30-14-12-29(13-15-30)18(2)32/h7-10,16-17,24-25H,6,11-15H2,1-5H3/t24-,25+/m0/s1. The molecule has 0 unspecified atom stereocenters. The SMILES string of the molecule is CCCN1C(=O)c2ccccc2[C@H](C(=O)N2CCN(C(C)=O)CC2)[C@H]1c1cc(OC)c(OC)c(OC)c1. The van der Waals surface area contributed by atoms with Crippen LogP contribution in [0.25, 0.3) is 0 Å². The van der Waals surface area contributed by atoms with E-state index in [1.807, 2.05) is 42.2 Å². The number of fused-ring (bicyclic) bond motifs is 1. The molecule has 2 aromatic rings. The Balaban J connectivity index is 1.86. The maximum Gasteiger partial charge on any atom is 0.254 e. The highest BCUT2D eigenvalue weighted by molar-refractivity contribution is 6.01. The second kappa shape index (κ2) is 11.1. The van der Waals surface area contributed by atoms with Crippen LogP contribution in [0.2, 0.25) is 0 Å². The first kappa shape index (κ1) is 26.3. The van der Waals surface area contributed by atoms with Gasteiger partial charge in [0.2, 0.25) is 17.6 Å². The summed E-state index contributed by atoms with van der Waals surface area (Å²) in [5.41, 5.74) is 1.98. The maximum absolute atomic E-state index is 14.3. The summed E-state index contributed by atoms with van der Waals surface area (Å²) in [5.74, 6) is 0.560. The minimum absolute atomic E-state index is 0.00475. The van der Waals surface area contributed by atoms with E-state index in [4.69, 9.17) is 14.2 Å². The summed E-state index contributed by atoms with van der Waals surface area (Å²) in [5, 5.41) is 0. The van der Waals surface area contributed by atoms with E-state index in [0.29, 0.717) is 61.1 Å². The lowest BCUT2D eigenvalue weighted by Gasteiger charge is -2.44. The highest BCUT2D eigenvalue weighted by atomic mass is 16.5. The first-order valence-corrected chi connectivity index (χ1v) is 12.6. The molecule has 4 rings (SSSR count). The van der Waals surface area contributed by atoms with E-state index in [2.05, 4.69) is 0 Å². The Kier molecular flexibility index (Phi) is 7.90. The molecule has 0 aliphatic carbocycles. The van der Waals surface area contributed by atoms with Gasteiger partial charge in [-0.3, -0.25) is 14.4 Å². The molecule has 0 radical (unpaired) electrons. The zero-order valence-electron chi connectivity index (χ0n) is 22.2. The molecule has 2 aliphatic heterocycles. The third-order valence-electron chi connectivity index (χ3n) is 7.23. The molecule has 2 aromatic carbocycles. The molecule has 198 valence electrons. The largest absolute Gasteiger partial charge is 0.493 e. The molecule has 0 bridgehead atoms. The van der Waals surface area contributed by atoms with Crippen molar-refractivity contribution < 1.29 is 28.6 Å². The van der Waals surface area contributed by atoms with Gasteiger partial charge in [-0.05, 0) is 35.7 Å². The van der Waals surface area contributed by atoms with Crippen LogP contribution in [0.4, 0.5) is 0 Å². The van der Waals surface area contributed by atoms with Crippen molar-refractivity contribution in [3.05, 3.63) is 53.1 Å². The molecule has 2 aliphatic rings. The summed E-state index contributed by atoms with van der Waals surface area (Å²) in [6.07, 6.45) is 0.729. The van der Waals surface area contributed by atoms with Crippen LogP contribution in [0, 0.1) is 0 Å². The molecule has 2 atom stereocenters. The summed E-state index contributed by atoms with van der Waals surface area (Å²) >= 11 is 0. The van der Waals surface area contributed by atoms with Gasteiger partial charge in [0, 0.05) is 45.2 Å². The van der Waals surface area contributed by atoms with Crippen LogP contribution in [0.1, 0.15) is 53.7 Å². The number of carbonyl (C=O) groups is 3. The van der Waals surface area contributed by atoms with Crippen LogP contribution in [0.15, 0.2) is 36.4 Å². The third kappa shape index (κ3) is 4.82. The van der Waals surface area contributed by atoms with Crippen LogP contribution >= 0.6 is 0 Å². The topological polar surface area (TPSA) is 88.6 Å². The fraction of sp³-hybridized carbons (Fsp3) is 0.464. The lowest BCUT2D eigenvalue weighted by Crippen LogP contribution is -2.54. The van der Waals surface area contributed by atoms with Crippen LogP contribution < -0.4 is 14.2 Å². The molecule has 1 fully saturated rings. The molecule has 0 aromatic heterocycles. The maximum atomic E-state index is 14.3. The Morgan fingerprint density at radius 1 is 0.919 bits per heavy atom. The van der Waals surface area contributed by atoms with Gasteiger partial charge >= 0.3 is 0 Å². The number of benzene rings is 2. The number of rotatable bonds is 7. The van der Waals surface area contributed by atoms with Gasteiger partial charge in [-0.25, -0.2) is 0 Å². The molecule has 2 heterocycles. The molecule has 9 nitrogen and oxygen atoms in total. The van der Waals surface area contributed by atoms with Gasteiger partial charge in [0.25, 0.3) is 5.91 Å². The van der Waals surface area contributed by atoms with E-state index < -0.39 is 12.0 Å². The summed E-state index contributed by atoms with van der Waals surface area (Å²) < 4.78 is 16.7. The van der Waals surface area contributed by atoms with Crippen molar-refractivity contribution >= 4 is 17.7 Å². The van der Waals surface area contributed by atoms with E-state index in [1.165, 1.54) is 7.11 Å². The zero-order chi connectivity index (χ0) is 26.7. The number of ether oxygens (including phenoxy) is 3. The van der Waals surface area contributed by atoms with Crippen molar-refractivity contribution in [2.75, 3.05) is 54.1 Å². The van der Waals surface area contributed by atoms with Crippen LogP contribution in [-0.2, 0) is 9.59 Å². The quantitative estimate of drug-likeness (QED) is 0.570. The van der Waals surface area contributed by atoms with Crippen LogP contribution in [-0.4, -0.2) is 86.5 Å². The second-order valence-corrected chi connectivity index (χ2v) is 9.30. The number of carbonyl (C=O) groups excluding carboxylic acids is 3. The van der Waals surface area contributed by atoms with E-state index in [1.54, 1.807) is 37.0 Å². The first-order valence-electron chi connectivity index (χ1n) is 12.6. The average Bonchev–Trinajstić information content (AvgIpc) is 2.93. The summed E-state index contributed by atoms with van der Waals surface area (Å²) in [6, 6.07) is 10.4. The number of hydrogen-bond acceptors (Lipinski definition) is 6. The van der Waals surface area contributed by atoms with Crippen molar-refractivity contribution in [3.8, 4) is 17.2 Å². The second-order valence-electron chi connectivity index (χ2n) is 9.30. The Bertz CT molecular complexity index is 1150. The van der Waals surface area contributed by atoms with E-state index >= 15 is 0 Å². The molecule has 0 saturated carbocycles. The van der Waals surface area contributed by atoms with Crippen molar-refractivity contribution in [2.24, 2.45) is 0 Å². The monoisotopic (exact) mass is 509 g/mol. The first-order chi connectivity index (χ1) is 17.9. The number of nitrogens with zero attached hydrogens (tertiary/aromatic N) is 3. The van der Waals surface area contributed by atoms with Gasteiger partial charge in [0.1, 0.15) is 0 Å². The fourth-order valence-corrected chi connectivity index (χ4v) is 5.43. The minimum atomic E-state index is -0.632. The Hall–Kier alpha value is -3.75. The Morgan fingerprint density at radius 2 is 1.51 bits per heavy atom. The van der Waals surface area contributed by atoms with Gasteiger partial charge < -0.3 is 28.9 Å². The zero-order valence-corrected chi connectivity index (χ0v) is 22.2. The summed E-state index contributed by atoms with van der Waals surface area (Å²) in [7, 11) is 4.63. The Labute approximate surface area is 217 Å². The van der Waals surface area contributed by atoms with Gasteiger partial charge in [-0.1, -0.05) is 25.1 Å². The van der Waals surface area contributed by atoms with Gasteiger partial charge in [-0.15, -0.1) is 0 Å². The van der Waals surface area contributed by atoms with Gasteiger partial charge in [-0.2, -0.15) is 0 Å². The van der Waals surface area contributed by atoms with Crippen molar-refractivity contribution in [2.45, 2.75) is 32.2 Å². The van der Waals surface area contributed by atoms with Gasteiger partial charge in [0.05, 0.1) is 33.3 Å². The summed E-state index contributed by atoms with van der Waals surface area (Å²) in [6.45, 7) is 5.91. The molecule has 0 N–H and O–H groups in total. The lowest BCUT2D eigenvalue weighted by atomic mass is 9.78. The van der Waals surface area contributed by atoms with Crippen molar-refractivity contribution in [3.63, 3.8) is 0 Å². The molecule has 37 heavy (non-hydrogen) atoms. The van der Waals surface area contributed by atoms with Crippen molar-refractivity contribution in [1.29, 1.82) is 0 Å². The molecular weight excluding hydrogens is 474 g/mol. The smallest absolute Gasteiger partial charge is 0.254 e. The van der Waals surface area contributed by atoms with E-state index in [9.17, 15) is 14.4 Å². The normalized spacial score (nSPS) is 19.4. The predicted octanol–water partition coefficient (Wildman–Crippen LogP) is 3.09. The van der Waals surface area contributed by atoms with E-state index in [0.717, 1.165) is 12.0 Å². The van der Waals surface area contributed by atoms with Crippen LogP contribution in [0.3, 0.4) is 0 Å². The molecule has 0 spiro atoms. The third-order valence-corrected chi connectivity index (χ3v) is 7.23. The Morgan fingerprint density at radius 3 is 2.05 bits per heavy atom.